The Kier molecular flexibility index (Phi) is 4.10. The van der Waals surface area contributed by atoms with Gasteiger partial charge in [0.15, 0.2) is 5.25 Å². The number of aliphatic hydroxyl groups is 1. The lowest BCUT2D eigenvalue weighted by atomic mass is 10.1. The van der Waals surface area contributed by atoms with Crippen LogP contribution in [-0.4, -0.2) is 18.8 Å². The summed E-state index contributed by atoms with van der Waals surface area (Å²) in [5.74, 6) is 0. The number of nitrogens with one attached hydrogen (secondary N) is 1. The average molecular weight is 254 g/mol. The number of aliphatic hydroxyl groups excluding tert-OH is 1. The zero-order valence-corrected chi connectivity index (χ0v) is 10.4. The Morgan fingerprint density at radius 2 is 1.94 bits per heavy atom. The number of sulfonamides is 1. The highest BCUT2D eigenvalue weighted by molar-refractivity contribution is 7.93. The summed E-state index contributed by atoms with van der Waals surface area (Å²) in [6, 6.07) is 8.19. The van der Waals surface area contributed by atoms with Crippen LogP contribution in [0.1, 0.15) is 25.5 Å². The van der Waals surface area contributed by atoms with Crippen LogP contribution in [0.4, 0.5) is 5.69 Å². The molecule has 1 aromatic rings. The zero-order chi connectivity index (χ0) is 13.1. The summed E-state index contributed by atoms with van der Waals surface area (Å²) in [6.45, 7) is 2.84. The Labute approximate surface area is 101 Å². The van der Waals surface area contributed by atoms with E-state index in [1.165, 1.54) is 6.92 Å². The van der Waals surface area contributed by atoms with Gasteiger partial charge in [-0.3, -0.25) is 4.72 Å². The number of anilines is 1. The van der Waals surface area contributed by atoms with Crippen LogP contribution in [0.2, 0.25) is 0 Å². The van der Waals surface area contributed by atoms with Gasteiger partial charge in [0.25, 0.3) is 0 Å². The van der Waals surface area contributed by atoms with Gasteiger partial charge in [-0.25, -0.2) is 8.42 Å². The van der Waals surface area contributed by atoms with E-state index < -0.39 is 21.4 Å². The molecule has 0 fully saturated rings. The molecule has 0 saturated carbocycles. The van der Waals surface area contributed by atoms with Crippen LogP contribution < -0.4 is 4.72 Å². The Balaban J connectivity index is 3.09. The first-order valence-corrected chi connectivity index (χ1v) is 6.61. The first kappa shape index (κ1) is 13.5. The van der Waals surface area contributed by atoms with Gasteiger partial charge >= 0.3 is 0 Å². The van der Waals surface area contributed by atoms with Crippen molar-refractivity contribution in [2.45, 2.75) is 25.2 Å². The molecule has 0 aliphatic rings. The Bertz CT molecular complexity index is 532. The molecule has 0 aliphatic heterocycles. The molecule has 0 spiro atoms. The summed E-state index contributed by atoms with van der Waals surface area (Å²) in [7, 11) is -3.74. The molecule has 0 aliphatic carbocycles. The van der Waals surface area contributed by atoms with Crippen molar-refractivity contribution in [1.29, 1.82) is 5.26 Å². The molecule has 92 valence electrons. The highest BCUT2D eigenvalue weighted by Crippen LogP contribution is 2.23. The minimum atomic E-state index is -3.74. The van der Waals surface area contributed by atoms with Crippen molar-refractivity contribution >= 4 is 15.7 Å². The van der Waals surface area contributed by atoms with Gasteiger partial charge in [0.1, 0.15) is 0 Å². The Morgan fingerprint density at radius 3 is 2.47 bits per heavy atom. The van der Waals surface area contributed by atoms with Crippen LogP contribution in [0.3, 0.4) is 0 Å². The van der Waals surface area contributed by atoms with E-state index in [4.69, 9.17) is 5.26 Å². The normalized spacial score (nSPS) is 14.7. The maximum atomic E-state index is 11.7. The highest BCUT2D eigenvalue weighted by atomic mass is 32.2. The van der Waals surface area contributed by atoms with Crippen LogP contribution in [0.5, 0.6) is 0 Å². The molecule has 0 amide bonds. The minimum Gasteiger partial charge on any atom is -0.389 e. The summed E-state index contributed by atoms with van der Waals surface area (Å²) in [5.41, 5.74) is 0.769. The predicted octanol–water partition coefficient (Wildman–Crippen LogP) is 1.39. The van der Waals surface area contributed by atoms with Gasteiger partial charge in [-0.05, 0) is 19.9 Å². The first-order chi connectivity index (χ1) is 7.88. The van der Waals surface area contributed by atoms with E-state index in [-0.39, 0.29) is 0 Å². The fraction of sp³-hybridized carbons (Fsp3) is 0.364. The van der Waals surface area contributed by atoms with Crippen molar-refractivity contribution in [2.24, 2.45) is 0 Å². The molecular formula is C11H14N2O3S. The van der Waals surface area contributed by atoms with Gasteiger partial charge in [-0.2, -0.15) is 5.26 Å². The number of hydrogen-bond acceptors (Lipinski definition) is 4. The van der Waals surface area contributed by atoms with Crippen molar-refractivity contribution in [3.63, 3.8) is 0 Å². The lowest BCUT2D eigenvalue weighted by Gasteiger charge is -2.14. The van der Waals surface area contributed by atoms with E-state index in [9.17, 15) is 13.5 Å². The molecule has 2 N–H and O–H groups in total. The topological polar surface area (TPSA) is 90.2 Å². The smallest absolute Gasteiger partial charge is 0.248 e. The van der Waals surface area contributed by atoms with Crippen LogP contribution >= 0.6 is 0 Å². The third kappa shape index (κ3) is 3.19. The molecule has 2 atom stereocenters. The zero-order valence-electron chi connectivity index (χ0n) is 9.58. The van der Waals surface area contributed by atoms with Crippen molar-refractivity contribution in [1.82, 2.24) is 0 Å². The van der Waals surface area contributed by atoms with Crippen LogP contribution in [0.25, 0.3) is 0 Å². The standard InChI is InChI=1S/C11H14N2O3S/c1-8(7-12)17(15,16)13-11-6-4-3-5-10(11)9(2)14/h3-6,8-9,13-14H,1-2H3. The first-order valence-electron chi connectivity index (χ1n) is 5.06. The molecule has 0 radical (unpaired) electrons. The lowest BCUT2D eigenvalue weighted by molar-refractivity contribution is 0.200. The number of para-hydroxylation sites is 1. The van der Waals surface area contributed by atoms with Gasteiger partial charge in [0.2, 0.25) is 10.0 Å². The monoisotopic (exact) mass is 254 g/mol. The molecule has 0 saturated heterocycles. The second kappa shape index (κ2) is 5.17. The molecule has 0 heterocycles. The second-order valence-corrected chi connectivity index (χ2v) is 5.68. The maximum absolute atomic E-state index is 11.7. The molecule has 6 heteroatoms. The summed E-state index contributed by atoms with van der Waals surface area (Å²) < 4.78 is 25.7. The second-order valence-electron chi connectivity index (χ2n) is 3.68. The van der Waals surface area contributed by atoms with Gasteiger partial charge in [0, 0.05) is 5.56 Å². The van der Waals surface area contributed by atoms with Crippen LogP contribution in [0.15, 0.2) is 24.3 Å². The van der Waals surface area contributed by atoms with E-state index in [0.29, 0.717) is 11.3 Å². The van der Waals surface area contributed by atoms with Gasteiger partial charge in [-0.15, -0.1) is 0 Å². The lowest BCUT2D eigenvalue weighted by Crippen LogP contribution is -2.24. The average Bonchev–Trinajstić information content (AvgIpc) is 2.27. The third-order valence-electron chi connectivity index (χ3n) is 2.31. The quantitative estimate of drug-likeness (QED) is 0.849. The number of nitriles is 1. The molecular weight excluding hydrogens is 240 g/mol. The summed E-state index contributed by atoms with van der Waals surface area (Å²) in [4.78, 5) is 0. The van der Waals surface area contributed by atoms with Gasteiger partial charge in [-0.1, -0.05) is 18.2 Å². The number of rotatable bonds is 4. The maximum Gasteiger partial charge on any atom is 0.248 e. The van der Waals surface area contributed by atoms with Gasteiger partial charge < -0.3 is 5.11 Å². The fourth-order valence-corrected chi connectivity index (χ4v) is 2.07. The van der Waals surface area contributed by atoms with Crippen LogP contribution in [-0.2, 0) is 10.0 Å². The van der Waals surface area contributed by atoms with E-state index in [0.717, 1.165) is 0 Å². The summed E-state index contributed by atoms with van der Waals surface area (Å²) in [6.07, 6.45) is -0.786. The Morgan fingerprint density at radius 1 is 1.35 bits per heavy atom. The van der Waals surface area contributed by atoms with Crippen molar-refractivity contribution < 1.29 is 13.5 Å². The van der Waals surface area contributed by atoms with Gasteiger partial charge in [0.05, 0.1) is 17.9 Å². The van der Waals surface area contributed by atoms with E-state index in [1.54, 1.807) is 37.3 Å². The van der Waals surface area contributed by atoms with Crippen molar-refractivity contribution in [3.05, 3.63) is 29.8 Å². The minimum absolute atomic E-state index is 0.296. The molecule has 1 rings (SSSR count). The number of benzene rings is 1. The van der Waals surface area contributed by atoms with E-state index >= 15 is 0 Å². The highest BCUT2D eigenvalue weighted by Gasteiger charge is 2.21. The third-order valence-corrected chi connectivity index (χ3v) is 3.85. The number of nitrogens with zero attached hydrogens (tertiary/aromatic N) is 1. The van der Waals surface area contributed by atoms with Crippen LogP contribution in [0, 0.1) is 11.3 Å². The molecule has 0 bridgehead atoms. The van der Waals surface area contributed by atoms with E-state index in [1.807, 2.05) is 0 Å². The van der Waals surface area contributed by atoms with Crippen molar-refractivity contribution in [3.8, 4) is 6.07 Å². The molecule has 5 nitrogen and oxygen atoms in total. The van der Waals surface area contributed by atoms with E-state index in [2.05, 4.69) is 4.72 Å². The summed E-state index contributed by atoms with van der Waals surface area (Å²) >= 11 is 0. The molecule has 17 heavy (non-hydrogen) atoms. The summed E-state index contributed by atoms with van der Waals surface area (Å²) in [5, 5.41) is 17.0. The molecule has 0 aromatic heterocycles. The SMILES string of the molecule is CC(O)c1ccccc1NS(=O)(=O)C(C)C#N. The largest absolute Gasteiger partial charge is 0.389 e. The molecule has 2 unspecified atom stereocenters. The van der Waals surface area contributed by atoms with Crippen molar-refractivity contribution in [2.75, 3.05) is 4.72 Å². The fourth-order valence-electron chi connectivity index (χ4n) is 1.27. The predicted molar refractivity (Wildman–Crippen MR) is 64.7 cm³/mol. The number of hydrogen-bond donors (Lipinski definition) is 2. The molecule has 1 aromatic carbocycles. The Hall–Kier alpha value is -1.58.